The number of carbonyl (C=O) groups is 1. The van der Waals surface area contributed by atoms with Gasteiger partial charge >= 0.3 is 5.97 Å². The second-order valence-electron chi connectivity index (χ2n) is 7.73. The number of anilines is 1. The van der Waals surface area contributed by atoms with Crippen LogP contribution >= 0.6 is 22.7 Å². The molecule has 4 rings (SSSR count). The van der Waals surface area contributed by atoms with Gasteiger partial charge in [0.25, 0.3) is 0 Å². The largest absolute Gasteiger partial charge is 0.443 e. The van der Waals surface area contributed by atoms with Crippen LogP contribution in [0.5, 0.6) is 0 Å². The number of thiophene rings is 1. The number of thiazole rings is 1. The van der Waals surface area contributed by atoms with Crippen LogP contribution in [0.4, 0.5) is 27.9 Å². The molecule has 0 aliphatic carbocycles. The van der Waals surface area contributed by atoms with Crippen LogP contribution in [0.25, 0.3) is 9.53 Å². The Morgan fingerprint density at radius 1 is 0.917 bits per heavy atom. The molecule has 2 N–H and O–H groups in total. The molecule has 0 fully saturated rings. The topological polar surface area (TPSA) is 118 Å². The molecule has 2 aromatic carbocycles. The zero-order valence-corrected chi connectivity index (χ0v) is 21.9. The molecule has 9 nitrogen and oxygen atoms in total. The summed E-state index contributed by atoms with van der Waals surface area (Å²) >= 11 is 2.61. The molecule has 1 unspecified atom stereocenters. The van der Waals surface area contributed by atoms with Crippen LogP contribution in [0.15, 0.2) is 75.1 Å². The van der Waals surface area contributed by atoms with E-state index in [-0.39, 0.29) is 0 Å². The average Bonchev–Trinajstić information content (AvgIpc) is 3.47. The van der Waals surface area contributed by atoms with Gasteiger partial charge in [-0.15, -0.1) is 21.6 Å². The van der Waals surface area contributed by atoms with E-state index in [0.717, 1.165) is 29.2 Å². The van der Waals surface area contributed by atoms with Gasteiger partial charge in [-0.1, -0.05) is 18.3 Å². The summed E-state index contributed by atoms with van der Waals surface area (Å²) in [5.74, 6) is -0.434. The lowest BCUT2D eigenvalue weighted by Gasteiger charge is -2.20. The summed E-state index contributed by atoms with van der Waals surface area (Å²) in [7, 11) is 0. The maximum Gasteiger partial charge on any atom is 0.349 e. The first kappa shape index (κ1) is 25.5. The molecule has 0 aliphatic rings. The normalized spacial score (nSPS) is 12.6. The number of hydrogen-bond donors (Lipinski definition) is 1. The van der Waals surface area contributed by atoms with Gasteiger partial charge in [0.15, 0.2) is 6.23 Å². The third kappa shape index (κ3) is 6.36. The van der Waals surface area contributed by atoms with Gasteiger partial charge in [-0.2, -0.15) is 10.2 Å². The van der Waals surface area contributed by atoms with Gasteiger partial charge in [-0.05, 0) is 74.9 Å². The summed E-state index contributed by atoms with van der Waals surface area (Å²) in [6, 6.07) is 17.1. The van der Waals surface area contributed by atoms with Crippen LogP contribution in [0.2, 0.25) is 0 Å². The van der Waals surface area contributed by atoms with E-state index >= 15 is 0 Å². The van der Waals surface area contributed by atoms with Crippen LogP contribution in [0.3, 0.4) is 0 Å². The molecule has 0 aliphatic heterocycles. The number of ether oxygens (including phenoxy) is 1. The smallest absolute Gasteiger partial charge is 0.349 e. The van der Waals surface area contributed by atoms with E-state index in [1.54, 1.807) is 6.07 Å². The number of azo groups is 2. The number of hydrogen-bond acceptors (Lipinski definition) is 11. The number of benzene rings is 2. The Hall–Kier alpha value is -3.54. The molecule has 0 saturated heterocycles. The Labute approximate surface area is 217 Å². The number of nitrogens with zero attached hydrogens (tertiary/aromatic N) is 6. The van der Waals surface area contributed by atoms with Crippen LogP contribution in [0.1, 0.15) is 36.9 Å². The Morgan fingerprint density at radius 3 is 2.00 bits per heavy atom. The average molecular weight is 522 g/mol. The Kier molecular flexibility index (Phi) is 8.47. The highest BCUT2D eigenvalue weighted by atomic mass is 32.1. The van der Waals surface area contributed by atoms with Crippen molar-refractivity contribution in [1.82, 2.24) is 4.98 Å². The van der Waals surface area contributed by atoms with Gasteiger partial charge in [0.1, 0.15) is 9.71 Å². The number of fused-ring (bicyclic) bond motifs is 1. The summed E-state index contributed by atoms with van der Waals surface area (Å²) in [5, 5.41) is 17.6. The lowest BCUT2D eigenvalue weighted by atomic mass is 10.2. The lowest BCUT2D eigenvalue weighted by molar-refractivity contribution is 0.0314. The summed E-state index contributed by atoms with van der Waals surface area (Å²) < 4.78 is 6.02. The molecule has 11 heteroatoms. The van der Waals surface area contributed by atoms with Gasteiger partial charge in [0, 0.05) is 18.8 Å². The van der Waals surface area contributed by atoms with Crippen molar-refractivity contribution in [3.63, 3.8) is 0 Å². The first-order valence-electron chi connectivity index (χ1n) is 11.6. The first-order valence-corrected chi connectivity index (χ1v) is 13.3. The lowest BCUT2D eigenvalue weighted by Crippen LogP contribution is -2.25. The molecule has 2 aromatic heterocycles. The fraction of sp³-hybridized carbons (Fsp3) is 0.280. The minimum atomic E-state index is -0.605. The third-order valence-electron chi connectivity index (χ3n) is 5.30. The van der Waals surface area contributed by atoms with E-state index in [4.69, 9.17) is 10.5 Å². The molecule has 0 bridgehead atoms. The molecule has 0 radical (unpaired) electrons. The van der Waals surface area contributed by atoms with Crippen molar-refractivity contribution < 1.29 is 9.53 Å². The first-order chi connectivity index (χ1) is 17.5. The minimum absolute atomic E-state index is 0.434. The monoisotopic (exact) mass is 521 g/mol. The molecule has 0 saturated carbocycles. The molecule has 1 atom stereocenters. The molecular formula is C25H27N7O2S2. The van der Waals surface area contributed by atoms with E-state index < -0.39 is 12.2 Å². The molecule has 0 spiro atoms. The number of carbonyl (C=O) groups excluding carboxylic acids is 1. The van der Waals surface area contributed by atoms with Crippen LogP contribution in [-0.4, -0.2) is 30.3 Å². The van der Waals surface area contributed by atoms with Gasteiger partial charge < -0.3 is 9.64 Å². The van der Waals surface area contributed by atoms with Crippen molar-refractivity contribution in [2.45, 2.75) is 33.4 Å². The van der Waals surface area contributed by atoms with Crippen LogP contribution in [0, 0.1) is 0 Å². The van der Waals surface area contributed by atoms with E-state index in [1.807, 2.05) is 43.3 Å². The summed E-state index contributed by atoms with van der Waals surface area (Å²) in [4.78, 5) is 20.0. The highest BCUT2D eigenvalue weighted by Crippen LogP contribution is 2.35. The predicted molar refractivity (Wildman–Crippen MR) is 146 cm³/mol. The third-order valence-corrected chi connectivity index (χ3v) is 7.32. The standard InChI is InChI=1S/C25H27N7O2S2/c1-4-22(26)34-24(33)21-15-20-23(35-21)27-25(36-20)31-30-17-9-7-16(8-10-17)28-29-18-11-13-19(14-12-18)32(5-2)6-3/h7-15,22H,4-6,26H2,1-3H3. The molecule has 2 heterocycles. The minimum Gasteiger partial charge on any atom is -0.443 e. The van der Waals surface area contributed by atoms with Crippen molar-refractivity contribution in [2.24, 2.45) is 26.2 Å². The summed E-state index contributed by atoms with van der Waals surface area (Å²) in [6.07, 6.45) is -0.0460. The zero-order chi connectivity index (χ0) is 25.5. The second-order valence-corrected chi connectivity index (χ2v) is 9.77. The van der Waals surface area contributed by atoms with Crippen molar-refractivity contribution in [2.75, 3.05) is 18.0 Å². The molecule has 0 amide bonds. The number of rotatable bonds is 10. The fourth-order valence-corrected chi connectivity index (χ4v) is 5.18. The quantitative estimate of drug-likeness (QED) is 0.129. The van der Waals surface area contributed by atoms with Crippen molar-refractivity contribution in [3.05, 3.63) is 59.5 Å². The molecule has 4 aromatic rings. The van der Waals surface area contributed by atoms with Crippen molar-refractivity contribution >= 4 is 66.1 Å². The fourth-order valence-electron chi connectivity index (χ4n) is 3.27. The van der Waals surface area contributed by atoms with Gasteiger partial charge in [0.2, 0.25) is 5.13 Å². The van der Waals surface area contributed by atoms with Crippen molar-refractivity contribution in [3.8, 4) is 0 Å². The number of nitrogens with two attached hydrogens (primary N) is 1. The SMILES string of the molecule is CCC(N)OC(=O)c1cc2sc(N=Nc3ccc(N=Nc4ccc(N(CC)CC)cc4)cc3)nc2s1. The molecular weight excluding hydrogens is 494 g/mol. The summed E-state index contributed by atoms with van der Waals surface area (Å²) in [5.41, 5.74) is 9.05. The predicted octanol–water partition coefficient (Wildman–Crippen LogP) is 7.89. The van der Waals surface area contributed by atoms with Crippen molar-refractivity contribution in [1.29, 1.82) is 0 Å². The number of aromatic nitrogens is 1. The Bertz CT molecular complexity index is 1330. The van der Waals surface area contributed by atoms with E-state index in [1.165, 1.54) is 28.4 Å². The van der Waals surface area contributed by atoms with Crippen LogP contribution in [-0.2, 0) is 4.74 Å². The second kappa shape index (κ2) is 11.9. The maximum atomic E-state index is 12.1. The summed E-state index contributed by atoms with van der Waals surface area (Å²) in [6.45, 7) is 8.07. The van der Waals surface area contributed by atoms with E-state index in [2.05, 4.69) is 56.3 Å². The maximum absolute atomic E-state index is 12.1. The van der Waals surface area contributed by atoms with Gasteiger partial charge in [-0.3, -0.25) is 5.73 Å². The van der Waals surface area contributed by atoms with E-state index in [9.17, 15) is 4.79 Å². The zero-order valence-electron chi connectivity index (χ0n) is 20.3. The molecule has 36 heavy (non-hydrogen) atoms. The Morgan fingerprint density at radius 2 is 1.47 bits per heavy atom. The highest BCUT2D eigenvalue weighted by Gasteiger charge is 2.17. The van der Waals surface area contributed by atoms with Gasteiger partial charge in [-0.25, -0.2) is 9.78 Å². The van der Waals surface area contributed by atoms with Crippen LogP contribution < -0.4 is 10.6 Å². The number of esters is 1. The Balaban J connectivity index is 1.36. The van der Waals surface area contributed by atoms with Gasteiger partial charge in [0.05, 0.1) is 21.8 Å². The molecule has 186 valence electrons. The van der Waals surface area contributed by atoms with E-state index in [0.29, 0.717) is 26.9 Å². The highest BCUT2D eigenvalue weighted by molar-refractivity contribution is 7.29.